The molecule has 0 aromatic heterocycles. The molecule has 0 amide bonds. The quantitative estimate of drug-likeness (QED) is 0.0450. The number of ether oxygens (including phenoxy) is 2. The molecule has 4 nitrogen and oxygen atoms in total. The lowest BCUT2D eigenvalue weighted by Gasteiger charge is -2.15. The average molecular weight is 595 g/mol. The molecule has 0 aromatic rings. The van der Waals surface area contributed by atoms with Crippen molar-refractivity contribution in [2.45, 2.75) is 206 Å². The predicted molar refractivity (Wildman–Crippen MR) is 182 cm³/mol. The van der Waals surface area contributed by atoms with Gasteiger partial charge in [0.05, 0.1) is 13.2 Å². The van der Waals surface area contributed by atoms with E-state index in [1.165, 1.54) is 161 Å². The third-order valence-corrected chi connectivity index (χ3v) is 8.34. The summed E-state index contributed by atoms with van der Waals surface area (Å²) in [4.78, 5) is 12.1. The van der Waals surface area contributed by atoms with Crippen molar-refractivity contribution >= 4 is 5.97 Å². The lowest BCUT2D eigenvalue weighted by Crippen LogP contribution is -2.27. The zero-order valence-electron chi connectivity index (χ0n) is 28.5. The van der Waals surface area contributed by atoms with Crippen LogP contribution in [0.2, 0.25) is 0 Å². The number of esters is 1. The van der Waals surface area contributed by atoms with Crippen LogP contribution < -0.4 is 0 Å². The maximum absolute atomic E-state index is 12.1. The molecule has 0 bridgehead atoms. The minimum Gasteiger partial charge on any atom is -0.457 e. The van der Waals surface area contributed by atoms with E-state index in [2.05, 4.69) is 26.0 Å². The Morgan fingerprint density at radius 2 is 0.952 bits per heavy atom. The van der Waals surface area contributed by atoms with E-state index >= 15 is 0 Å². The van der Waals surface area contributed by atoms with E-state index in [-0.39, 0.29) is 12.6 Å². The SMILES string of the molecule is CCCC/C=C\CCCCCCCC(=O)OC(CO)COCCCCCCCCCCCCCCCCCCCCC. The number of allylic oxidation sites excluding steroid dienone is 2. The van der Waals surface area contributed by atoms with E-state index in [0.717, 1.165) is 19.3 Å². The Bertz CT molecular complexity index is 547. The van der Waals surface area contributed by atoms with Gasteiger partial charge in [-0.15, -0.1) is 0 Å². The lowest BCUT2D eigenvalue weighted by molar-refractivity contribution is -0.154. The lowest BCUT2D eigenvalue weighted by atomic mass is 10.0. The van der Waals surface area contributed by atoms with Gasteiger partial charge in [0.25, 0.3) is 0 Å². The zero-order chi connectivity index (χ0) is 30.6. The van der Waals surface area contributed by atoms with E-state index in [1.54, 1.807) is 0 Å². The maximum Gasteiger partial charge on any atom is 0.306 e. The number of carbonyl (C=O) groups is 1. The van der Waals surface area contributed by atoms with Crippen LogP contribution in [0.15, 0.2) is 12.2 Å². The molecule has 250 valence electrons. The summed E-state index contributed by atoms with van der Waals surface area (Å²) >= 11 is 0. The van der Waals surface area contributed by atoms with Crippen LogP contribution in [0.3, 0.4) is 0 Å². The molecule has 0 spiro atoms. The molecule has 1 N–H and O–H groups in total. The second-order valence-electron chi connectivity index (χ2n) is 12.7. The van der Waals surface area contributed by atoms with Gasteiger partial charge >= 0.3 is 5.97 Å². The van der Waals surface area contributed by atoms with Crippen molar-refractivity contribution in [3.63, 3.8) is 0 Å². The Balaban J connectivity index is 3.37. The summed E-state index contributed by atoms with van der Waals surface area (Å²) in [5.41, 5.74) is 0. The van der Waals surface area contributed by atoms with E-state index in [4.69, 9.17) is 9.47 Å². The molecule has 0 aliphatic rings. The first-order valence-electron chi connectivity index (χ1n) is 18.8. The Kier molecular flexibility index (Phi) is 35.6. The van der Waals surface area contributed by atoms with Crippen molar-refractivity contribution in [2.75, 3.05) is 19.8 Å². The van der Waals surface area contributed by atoms with Crippen LogP contribution in [0.25, 0.3) is 0 Å². The molecule has 0 aromatic carbocycles. The highest BCUT2D eigenvalue weighted by atomic mass is 16.6. The number of aliphatic hydroxyl groups excluding tert-OH is 1. The first-order valence-corrected chi connectivity index (χ1v) is 18.8. The summed E-state index contributed by atoms with van der Waals surface area (Å²) < 4.78 is 11.1. The fourth-order valence-electron chi connectivity index (χ4n) is 5.49. The Hall–Kier alpha value is -0.870. The fraction of sp³-hybridized carbons (Fsp3) is 0.921. The summed E-state index contributed by atoms with van der Waals surface area (Å²) in [7, 11) is 0. The van der Waals surface area contributed by atoms with Crippen LogP contribution in [0, 0.1) is 0 Å². The van der Waals surface area contributed by atoms with Gasteiger partial charge in [-0.1, -0.05) is 174 Å². The van der Waals surface area contributed by atoms with Crippen LogP contribution in [0.4, 0.5) is 0 Å². The van der Waals surface area contributed by atoms with Gasteiger partial charge in [0, 0.05) is 13.0 Å². The number of hydrogen-bond donors (Lipinski definition) is 1. The van der Waals surface area contributed by atoms with Crippen LogP contribution in [0.5, 0.6) is 0 Å². The average Bonchev–Trinajstić information content (AvgIpc) is 3.00. The zero-order valence-corrected chi connectivity index (χ0v) is 28.5. The molecule has 0 aliphatic carbocycles. The minimum absolute atomic E-state index is 0.170. The normalized spacial score (nSPS) is 12.4. The van der Waals surface area contributed by atoms with E-state index < -0.39 is 6.10 Å². The van der Waals surface area contributed by atoms with Crippen molar-refractivity contribution in [3.05, 3.63) is 12.2 Å². The fourth-order valence-corrected chi connectivity index (χ4v) is 5.49. The van der Waals surface area contributed by atoms with E-state index in [1.807, 2.05) is 0 Å². The highest BCUT2D eigenvalue weighted by molar-refractivity contribution is 5.69. The molecule has 42 heavy (non-hydrogen) atoms. The molecule has 0 saturated heterocycles. The van der Waals surface area contributed by atoms with Crippen LogP contribution in [-0.4, -0.2) is 37.0 Å². The number of carbonyl (C=O) groups excluding carboxylic acids is 1. The molecular weight excluding hydrogens is 520 g/mol. The first kappa shape index (κ1) is 41.1. The Labute approximate surface area is 263 Å². The van der Waals surface area contributed by atoms with Gasteiger partial charge in [-0.05, 0) is 32.1 Å². The molecule has 0 aliphatic heterocycles. The summed E-state index contributed by atoms with van der Waals surface area (Å²) in [5.74, 6) is -0.208. The highest BCUT2D eigenvalue weighted by Crippen LogP contribution is 2.15. The van der Waals surface area contributed by atoms with Crippen LogP contribution in [-0.2, 0) is 14.3 Å². The second kappa shape index (κ2) is 36.3. The molecule has 1 atom stereocenters. The molecule has 0 radical (unpaired) electrons. The topological polar surface area (TPSA) is 55.8 Å². The van der Waals surface area contributed by atoms with Crippen molar-refractivity contribution in [1.29, 1.82) is 0 Å². The Morgan fingerprint density at radius 1 is 0.548 bits per heavy atom. The van der Waals surface area contributed by atoms with Crippen LogP contribution >= 0.6 is 0 Å². The summed E-state index contributed by atoms with van der Waals surface area (Å²) in [6.45, 7) is 5.33. The summed E-state index contributed by atoms with van der Waals surface area (Å²) in [6.07, 6.45) is 41.2. The third-order valence-electron chi connectivity index (χ3n) is 8.34. The molecular formula is C38H74O4. The summed E-state index contributed by atoms with van der Waals surface area (Å²) in [6, 6.07) is 0. The van der Waals surface area contributed by atoms with Crippen molar-refractivity contribution in [3.8, 4) is 0 Å². The maximum atomic E-state index is 12.1. The molecule has 0 fully saturated rings. The molecule has 0 saturated carbocycles. The van der Waals surface area contributed by atoms with E-state index in [0.29, 0.717) is 19.6 Å². The summed E-state index contributed by atoms with van der Waals surface area (Å²) in [5, 5.41) is 9.54. The van der Waals surface area contributed by atoms with Crippen LogP contribution in [0.1, 0.15) is 200 Å². The Morgan fingerprint density at radius 3 is 1.43 bits per heavy atom. The first-order chi connectivity index (χ1) is 20.7. The molecule has 0 rings (SSSR count). The number of hydrogen-bond acceptors (Lipinski definition) is 4. The molecule has 4 heteroatoms. The van der Waals surface area contributed by atoms with Gasteiger partial charge in [0.2, 0.25) is 0 Å². The van der Waals surface area contributed by atoms with Gasteiger partial charge in [0.1, 0.15) is 6.10 Å². The van der Waals surface area contributed by atoms with Crippen molar-refractivity contribution in [1.82, 2.24) is 0 Å². The van der Waals surface area contributed by atoms with E-state index in [9.17, 15) is 9.90 Å². The van der Waals surface area contributed by atoms with Gasteiger partial charge in [-0.2, -0.15) is 0 Å². The predicted octanol–water partition coefficient (Wildman–Crippen LogP) is 11.8. The van der Waals surface area contributed by atoms with Crippen molar-refractivity contribution < 1.29 is 19.4 Å². The molecule has 0 heterocycles. The number of rotatable bonds is 35. The molecule has 1 unspecified atom stereocenters. The number of aliphatic hydroxyl groups is 1. The second-order valence-corrected chi connectivity index (χ2v) is 12.7. The highest BCUT2D eigenvalue weighted by Gasteiger charge is 2.13. The third kappa shape index (κ3) is 33.6. The van der Waals surface area contributed by atoms with Gasteiger partial charge in [-0.25, -0.2) is 0 Å². The van der Waals surface area contributed by atoms with Crippen molar-refractivity contribution in [2.24, 2.45) is 0 Å². The largest absolute Gasteiger partial charge is 0.457 e. The van der Waals surface area contributed by atoms with Gasteiger partial charge in [0.15, 0.2) is 0 Å². The van der Waals surface area contributed by atoms with Gasteiger partial charge < -0.3 is 14.6 Å². The minimum atomic E-state index is -0.530. The standard InChI is InChI=1S/C38H74O4/c1-3-5-7-9-11-13-15-16-17-18-19-20-21-22-24-26-28-30-32-34-41-36-37(35-39)42-38(40)33-31-29-27-25-23-14-12-10-8-6-4-2/h10,12,37,39H,3-9,11,13-36H2,1-2H3/b12-10-. The smallest absolute Gasteiger partial charge is 0.306 e. The number of unbranched alkanes of at least 4 members (excludes halogenated alkanes) is 25. The van der Waals surface area contributed by atoms with Gasteiger partial charge in [-0.3, -0.25) is 4.79 Å². The monoisotopic (exact) mass is 595 g/mol.